The molecule has 29 heavy (non-hydrogen) atoms. The number of hydrogen-bond donors (Lipinski definition) is 2. The largest absolute Gasteiger partial charge is 0.495 e. The van der Waals surface area contributed by atoms with Gasteiger partial charge in [0.2, 0.25) is 15.9 Å². The standard InChI is InChI=1S/C21H27ClN2O4S/c1-15(2)11-12-23-21(25)18(13-16-7-5-4-6-8-16)24-29(26,27)20-14-17(22)9-10-19(20)28-3/h4-10,14-15,18,24H,11-13H2,1-3H3,(H,23,25). The van der Waals surface area contributed by atoms with Crippen LogP contribution in [0.5, 0.6) is 5.75 Å². The molecule has 1 unspecified atom stereocenters. The molecule has 158 valence electrons. The fraction of sp³-hybridized carbons (Fsp3) is 0.381. The predicted molar refractivity (Wildman–Crippen MR) is 115 cm³/mol. The molecule has 0 heterocycles. The molecule has 8 heteroatoms. The van der Waals surface area contributed by atoms with E-state index in [1.165, 1.54) is 19.2 Å². The quantitative estimate of drug-likeness (QED) is 0.595. The number of halogens is 1. The Labute approximate surface area is 177 Å². The zero-order valence-corrected chi connectivity index (χ0v) is 18.4. The highest BCUT2D eigenvalue weighted by molar-refractivity contribution is 7.89. The van der Waals surface area contributed by atoms with Gasteiger partial charge in [-0.25, -0.2) is 8.42 Å². The number of sulfonamides is 1. The monoisotopic (exact) mass is 438 g/mol. The van der Waals surface area contributed by atoms with Crippen molar-refractivity contribution in [2.75, 3.05) is 13.7 Å². The van der Waals surface area contributed by atoms with Crippen molar-refractivity contribution in [1.82, 2.24) is 10.0 Å². The SMILES string of the molecule is COc1ccc(Cl)cc1S(=O)(=O)NC(Cc1ccccc1)C(=O)NCCC(C)C. The molecule has 0 radical (unpaired) electrons. The highest BCUT2D eigenvalue weighted by Gasteiger charge is 2.28. The molecule has 1 amide bonds. The van der Waals surface area contributed by atoms with Gasteiger partial charge in [-0.2, -0.15) is 4.72 Å². The first kappa shape index (κ1) is 23.2. The summed E-state index contributed by atoms with van der Waals surface area (Å²) in [7, 11) is -2.67. The average molecular weight is 439 g/mol. The molecule has 6 nitrogen and oxygen atoms in total. The van der Waals surface area contributed by atoms with Gasteiger partial charge < -0.3 is 10.1 Å². The minimum absolute atomic E-state index is 0.111. The van der Waals surface area contributed by atoms with Crippen molar-refractivity contribution in [3.05, 3.63) is 59.1 Å². The van der Waals surface area contributed by atoms with Crippen molar-refractivity contribution in [2.45, 2.75) is 37.6 Å². The van der Waals surface area contributed by atoms with Crippen molar-refractivity contribution in [2.24, 2.45) is 5.92 Å². The van der Waals surface area contributed by atoms with E-state index in [2.05, 4.69) is 23.9 Å². The third kappa shape index (κ3) is 7.03. The van der Waals surface area contributed by atoms with Crippen LogP contribution in [0.25, 0.3) is 0 Å². The van der Waals surface area contributed by atoms with E-state index in [0.29, 0.717) is 12.5 Å². The van der Waals surface area contributed by atoms with Gasteiger partial charge in [-0.3, -0.25) is 4.79 Å². The third-order valence-electron chi connectivity index (χ3n) is 4.33. The summed E-state index contributed by atoms with van der Waals surface area (Å²) in [6, 6.07) is 12.6. The van der Waals surface area contributed by atoms with Gasteiger partial charge in [0.1, 0.15) is 16.7 Å². The van der Waals surface area contributed by atoms with Crippen LogP contribution >= 0.6 is 11.6 Å². The minimum atomic E-state index is -4.05. The number of hydrogen-bond acceptors (Lipinski definition) is 4. The predicted octanol–water partition coefficient (Wildman–Crippen LogP) is 3.40. The molecular weight excluding hydrogens is 412 g/mol. The Bertz CT molecular complexity index is 918. The molecule has 2 rings (SSSR count). The van der Waals surface area contributed by atoms with Crippen molar-refractivity contribution in [3.8, 4) is 5.75 Å². The first-order chi connectivity index (χ1) is 13.7. The number of carbonyl (C=O) groups excluding carboxylic acids is 1. The highest BCUT2D eigenvalue weighted by Crippen LogP contribution is 2.27. The normalized spacial score (nSPS) is 12.6. The number of ether oxygens (including phenoxy) is 1. The summed E-state index contributed by atoms with van der Waals surface area (Å²) in [6.07, 6.45) is 1.02. The minimum Gasteiger partial charge on any atom is -0.495 e. The molecule has 2 N–H and O–H groups in total. The zero-order valence-electron chi connectivity index (χ0n) is 16.8. The lowest BCUT2D eigenvalue weighted by molar-refractivity contribution is -0.122. The first-order valence-electron chi connectivity index (χ1n) is 9.40. The van der Waals surface area contributed by atoms with E-state index in [-0.39, 0.29) is 28.0 Å². The van der Waals surface area contributed by atoms with Gasteiger partial charge >= 0.3 is 0 Å². The van der Waals surface area contributed by atoms with E-state index >= 15 is 0 Å². The van der Waals surface area contributed by atoms with Crippen molar-refractivity contribution in [3.63, 3.8) is 0 Å². The maximum Gasteiger partial charge on any atom is 0.245 e. The molecule has 1 atom stereocenters. The summed E-state index contributed by atoms with van der Waals surface area (Å²) < 4.78 is 33.7. The van der Waals surface area contributed by atoms with Crippen LogP contribution in [0.3, 0.4) is 0 Å². The fourth-order valence-electron chi connectivity index (χ4n) is 2.76. The molecule has 0 aromatic heterocycles. The Kier molecular flexibility index (Phi) is 8.49. The number of rotatable bonds is 10. The van der Waals surface area contributed by atoms with E-state index in [1.54, 1.807) is 6.07 Å². The van der Waals surface area contributed by atoms with Gasteiger partial charge in [-0.05, 0) is 42.5 Å². The van der Waals surface area contributed by atoms with Crippen LogP contribution in [-0.4, -0.2) is 34.0 Å². The van der Waals surface area contributed by atoms with E-state index < -0.39 is 16.1 Å². The van der Waals surface area contributed by atoms with E-state index in [1.807, 2.05) is 30.3 Å². The van der Waals surface area contributed by atoms with Crippen molar-refractivity contribution < 1.29 is 17.9 Å². The molecule has 0 saturated heterocycles. The summed E-state index contributed by atoms with van der Waals surface area (Å²) in [6.45, 7) is 4.59. The Morgan fingerprint density at radius 3 is 2.45 bits per heavy atom. The maximum atomic E-state index is 13.0. The second-order valence-corrected chi connectivity index (χ2v) is 9.25. The number of methoxy groups -OCH3 is 1. The molecule has 0 aliphatic carbocycles. The van der Waals surface area contributed by atoms with Gasteiger partial charge in [-0.1, -0.05) is 55.8 Å². The second kappa shape index (κ2) is 10.6. The first-order valence-corrected chi connectivity index (χ1v) is 11.3. The Morgan fingerprint density at radius 1 is 1.14 bits per heavy atom. The third-order valence-corrected chi connectivity index (χ3v) is 6.06. The number of nitrogens with one attached hydrogen (secondary N) is 2. The number of benzene rings is 2. The lowest BCUT2D eigenvalue weighted by Crippen LogP contribution is -2.48. The van der Waals surface area contributed by atoms with Crippen LogP contribution in [-0.2, 0) is 21.2 Å². The number of amides is 1. The van der Waals surface area contributed by atoms with Gasteiger partial charge in [0.05, 0.1) is 7.11 Å². The van der Waals surface area contributed by atoms with Gasteiger partial charge in [0, 0.05) is 11.6 Å². The van der Waals surface area contributed by atoms with Crippen molar-refractivity contribution in [1.29, 1.82) is 0 Å². The number of carbonyl (C=O) groups is 1. The lowest BCUT2D eigenvalue weighted by Gasteiger charge is -2.20. The second-order valence-electron chi connectivity index (χ2n) is 7.13. The summed E-state index contributed by atoms with van der Waals surface area (Å²) in [5, 5.41) is 3.08. The smallest absolute Gasteiger partial charge is 0.245 e. The van der Waals surface area contributed by atoms with Crippen LogP contribution in [0.1, 0.15) is 25.8 Å². The molecule has 0 saturated carbocycles. The molecule has 0 aliphatic heterocycles. The molecule has 0 aliphatic rings. The zero-order chi connectivity index (χ0) is 21.4. The van der Waals surface area contributed by atoms with Gasteiger partial charge in [-0.15, -0.1) is 0 Å². The average Bonchev–Trinajstić information content (AvgIpc) is 2.67. The summed E-state index contributed by atoms with van der Waals surface area (Å²) >= 11 is 5.98. The fourth-order valence-corrected chi connectivity index (χ4v) is 4.38. The highest BCUT2D eigenvalue weighted by atomic mass is 35.5. The Morgan fingerprint density at radius 2 is 1.83 bits per heavy atom. The molecular formula is C21H27ClN2O4S. The molecule has 2 aromatic rings. The molecule has 2 aromatic carbocycles. The lowest BCUT2D eigenvalue weighted by atomic mass is 10.1. The van der Waals surface area contributed by atoms with E-state index in [4.69, 9.17) is 16.3 Å². The van der Waals surface area contributed by atoms with Crippen LogP contribution in [0.4, 0.5) is 0 Å². The molecule has 0 spiro atoms. The summed E-state index contributed by atoms with van der Waals surface area (Å²) in [5.41, 5.74) is 0.845. The van der Waals surface area contributed by atoms with E-state index in [0.717, 1.165) is 12.0 Å². The summed E-state index contributed by atoms with van der Waals surface area (Å²) in [4.78, 5) is 12.7. The van der Waals surface area contributed by atoms with Crippen LogP contribution in [0, 0.1) is 5.92 Å². The molecule has 0 bridgehead atoms. The maximum absolute atomic E-state index is 13.0. The topological polar surface area (TPSA) is 84.5 Å². The van der Waals surface area contributed by atoms with Crippen LogP contribution in [0.15, 0.2) is 53.4 Å². The van der Waals surface area contributed by atoms with Gasteiger partial charge in [0.15, 0.2) is 0 Å². The summed E-state index contributed by atoms with van der Waals surface area (Å²) in [5.74, 6) is 0.204. The Hall–Kier alpha value is -2.09. The van der Waals surface area contributed by atoms with Crippen LogP contribution < -0.4 is 14.8 Å². The Balaban J connectivity index is 2.28. The van der Waals surface area contributed by atoms with E-state index in [9.17, 15) is 13.2 Å². The molecule has 0 fully saturated rings. The van der Waals surface area contributed by atoms with Gasteiger partial charge in [0.25, 0.3) is 0 Å². The van der Waals surface area contributed by atoms with Crippen LogP contribution in [0.2, 0.25) is 5.02 Å². The van der Waals surface area contributed by atoms with Crippen molar-refractivity contribution >= 4 is 27.5 Å².